The lowest BCUT2D eigenvalue weighted by Crippen LogP contribution is -2.58. The SMILES string of the molecule is CCCCOCCC(CCOCCCC)OC([NH3+])=O.CCCCOCCC(CCOCCCC)OC([NH3+])=O.CCCCOCCC(CCOCCCC)OC([NH3+])=O.CCCCOCCO[P+](=O)[O-].NC(=O)P(=O)([O-])[O-]. The van der Waals surface area contributed by atoms with Crippen molar-refractivity contribution in [2.24, 2.45) is 5.73 Å². The average molecular weight is 1130 g/mol. The van der Waals surface area contributed by atoms with Gasteiger partial charge in [-0.2, -0.15) is 14.4 Å². The molecule has 0 aromatic carbocycles. The Balaban J connectivity index is -0.000000282. The highest BCUT2D eigenvalue weighted by Crippen LogP contribution is 2.20. The van der Waals surface area contributed by atoms with Crippen LogP contribution in [-0.2, 0) is 61.0 Å². The van der Waals surface area contributed by atoms with Crippen molar-refractivity contribution in [3.8, 4) is 0 Å². The van der Waals surface area contributed by atoms with E-state index in [1.54, 1.807) is 0 Å². The maximum Gasteiger partial charge on any atom is 0.511 e. The van der Waals surface area contributed by atoms with Crippen molar-refractivity contribution in [3.05, 3.63) is 0 Å². The molecule has 0 saturated heterocycles. The minimum Gasteiger partial charge on any atom is -0.804 e. The maximum atomic E-state index is 10.9. The third-order valence-electron chi connectivity index (χ3n) is 9.59. The monoisotopic (exact) mass is 1130 g/mol. The highest BCUT2D eigenvalue weighted by Gasteiger charge is 2.16. The summed E-state index contributed by atoms with van der Waals surface area (Å²) in [5, 5.41) is 0. The molecule has 450 valence electrons. The quantitative estimate of drug-likeness (QED) is 0.0343. The van der Waals surface area contributed by atoms with Crippen LogP contribution in [0.25, 0.3) is 0 Å². The molecule has 0 aliphatic heterocycles. The molecule has 0 rings (SSSR count). The number of ether oxygens (including phenoxy) is 10. The van der Waals surface area contributed by atoms with Crippen LogP contribution in [0.2, 0.25) is 0 Å². The number of carbonyl (C=O) groups excluding carboxylic acids is 4. The largest absolute Gasteiger partial charge is 0.804 e. The summed E-state index contributed by atoms with van der Waals surface area (Å²) in [7, 11) is -7.80. The van der Waals surface area contributed by atoms with Gasteiger partial charge in [0, 0.05) is 92.4 Å². The van der Waals surface area contributed by atoms with Gasteiger partial charge in [-0.3, -0.25) is 22.0 Å². The summed E-state index contributed by atoms with van der Waals surface area (Å²) in [6.07, 6.45) is 17.7. The van der Waals surface area contributed by atoms with Crippen molar-refractivity contribution in [1.82, 2.24) is 0 Å². The molecule has 0 aliphatic rings. The van der Waals surface area contributed by atoms with Crippen LogP contribution in [0.3, 0.4) is 0 Å². The smallest absolute Gasteiger partial charge is 0.511 e. The number of hydrogen-bond acceptors (Lipinski definition) is 20. The number of nitrogens with two attached hydrogens (primary N) is 1. The summed E-state index contributed by atoms with van der Waals surface area (Å²) in [4.78, 5) is 70.6. The lowest BCUT2D eigenvalue weighted by atomic mass is 10.2. The van der Waals surface area contributed by atoms with Gasteiger partial charge in [0.1, 0.15) is 24.9 Å². The van der Waals surface area contributed by atoms with Gasteiger partial charge in [-0.05, 0) is 49.5 Å². The van der Waals surface area contributed by atoms with Crippen molar-refractivity contribution in [3.63, 3.8) is 0 Å². The first-order valence-corrected chi connectivity index (χ1v) is 29.7. The molecular weight excluding hydrogens is 1030 g/mol. The lowest BCUT2D eigenvalue weighted by Gasteiger charge is -2.23. The average Bonchev–Trinajstić information content (AvgIpc) is 3.34. The van der Waals surface area contributed by atoms with Gasteiger partial charge in [0.05, 0.1) is 46.2 Å². The van der Waals surface area contributed by atoms with Gasteiger partial charge in [-0.15, -0.1) is 4.52 Å². The Labute approximate surface area is 450 Å². The van der Waals surface area contributed by atoms with E-state index < -0.39 is 39.8 Å². The molecule has 26 heteroatoms. The van der Waals surface area contributed by atoms with Crippen LogP contribution in [0, 0.1) is 0 Å². The number of unbranched alkanes of at least 4 members (excludes halogenated alkanes) is 7. The van der Waals surface area contributed by atoms with Gasteiger partial charge in [0.25, 0.3) is 0 Å². The summed E-state index contributed by atoms with van der Waals surface area (Å²) in [6, 6.07) is 0. The predicted octanol–water partition coefficient (Wildman–Crippen LogP) is 5.26. The van der Waals surface area contributed by atoms with Crippen LogP contribution >= 0.6 is 15.9 Å². The van der Waals surface area contributed by atoms with E-state index in [-0.39, 0.29) is 24.9 Å². The van der Waals surface area contributed by atoms with Gasteiger partial charge >= 0.3 is 26.5 Å². The van der Waals surface area contributed by atoms with Crippen molar-refractivity contribution in [2.75, 3.05) is 99.1 Å². The molecule has 11 N–H and O–H groups in total. The van der Waals surface area contributed by atoms with Crippen LogP contribution in [0.1, 0.15) is 177 Å². The number of rotatable bonds is 47. The molecule has 0 heterocycles. The second-order valence-corrected chi connectivity index (χ2v) is 18.9. The van der Waals surface area contributed by atoms with Crippen molar-refractivity contribution in [2.45, 2.75) is 195 Å². The van der Waals surface area contributed by atoms with E-state index in [0.717, 1.165) is 130 Å². The van der Waals surface area contributed by atoms with Crippen LogP contribution in [-0.4, -0.2) is 141 Å². The molecule has 0 aliphatic carbocycles. The number of carbonyl (C=O) groups is 4. The normalized spacial score (nSPS) is 11.1. The van der Waals surface area contributed by atoms with Gasteiger partial charge in [-0.1, -0.05) is 93.4 Å². The summed E-state index contributed by atoms with van der Waals surface area (Å²) >= 11 is 0. The van der Waals surface area contributed by atoms with Crippen LogP contribution in [0.5, 0.6) is 0 Å². The number of quaternary nitrogens is 3. The summed E-state index contributed by atoms with van der Waals surface area (Å²) in [5.74, 6) is 0. The van der Waals surface area contributed by atoms with E-state index in [0.29, 0.717) is 91.4 Å². The zero-order valence-electron chi connectivity index (χ0n) is 47.2. The number of hydrogen-bond donors (Lipinski definition) is 4. The van der Waals surface area contributed by atoms with Gasteiger partial charge in [-0.25, -0.2) is 0 Å². The highest BCUT2D eigenvalue weighted by molar-refractivity contribution is 7.67. The Bertz CT molecular complexity index is 1170. The Hall–Kier alpha value is -2.35. The van der Waals surface area contributed by atoms with Crippen LogP contribution in [0.4, 0.5) is 19.2 Å². The van der Waals surface area contributed by atoms with Crippen LogP contribution in [0.15, 0.2) is 0 Å². The Morgan fingerprint density at radius 1 is 0.413 bits per heavy atom. The van der Waals surface area contributed by atoms with E-state index in [1.807, 2.05) is 0 Å². The fourth-order valence-electron chi connectivity index (χ4n) is 5.24. The first kappa shape index (κ1) is 81.5. The topological polar surface area (TPSA) is 382 Å². The van der Waals surface area contributed by atoms with E-state index in [9.17, 15) is 43.0 Å². The Morgan fingerprint density at radius 3 is 0.747 bits per heavy atom. The molecule has 0 saturated carbocycles. The standard InChI is InChI=1S/3C14H29NO4.C6H13O4P.CH4NO4P/c3*1-3-5-9-17-11-7-13(19-14(15)16)8-12-18-10-6-4-2;1-2-3-4-9-5-6-10-11(7)8;2-1(3)7(4,5)6/h3*13H,3-12H2,1-2H3,(H2,15,16);2-6H2,1H3;(H2,2,3)(H2,4,5,6)/p+1. The molecule has 1 atom stereocenters. The molecule has 24 nitrogen and oxygen atoms in total. The molecule has 1 unspecified atom stereocenters. The molecule has 0 spiro atoms. The molecule has 0 aromatic heterocycles. The number of primary amides is 1. The van der Waals surface area contributed by atoms with Crippen molar-refractivity contribution in [1.29, 1.82) is 0 Å². The third-order valence-corrected chi connectivity index (χ3v) is 10.5. The van der Waals surface area contributed by atoms with E-state index >= 15 is 0 Å². The Morgan fingerprint density at radius 2 is 0.600 bits per heavy atom. The minimum absolute atomic E-state index is 0.127. The van der Waals surface area contributed by atoms with E-state index in [1.165, 1.54) is 0 Å². The summed E-state index contributed by atoms with van der Waals surface area (Å²) in [5.41, 5.74) is 12.0. The van der Waals surface area contributed by atoms with E-state index in [2.05, 4.69) is 75.9 Å². The molecule has 4 amide bonds. The fraction of sp³-hybridized carbons (Fsp3) is 0.918. The second kappa shape index (κ2) is 65.9. The zero-order chi connectivity index (χ0) is 57.6. The molecule has 0 fully saturated rings. The highest BCUT2D eigenvalue weighted by atomic mass is 31.2. The van der Waals surface area contributed by atoms with Gasteiger partial charge in [0.2, 0.25) is 5.65 Å². The third kappa shape index (κ3) is 80.6. The van der Waals surface area contributed by atoms with Crippen molar-refractivity contribution < 1.29 is 112 Å². The number of amides is 4. The molecule has 0 radical (unpaired) electrons. The van der Waals surface area contributed by atoms with E-state index in [4.69, 9.17) is 47.4 Å². The minimum atomic E-state index is -5.10. The first-order valence-electron chi connectivity index (χ1n) is 27.0. The zero-order valence-corrected chi connectivity index (χ0v) is 49.0. The van der Waals surface area contributed by atoms with Crippen LogP contribution < -0.4 is 37.6 Å². The molecule has 0 aromatic rings. The van der Waals surface area contributed by atoms with Crippen molar-refractivity contribution >= 4 is 39.8 Å². The molecule has 75 heavy (non-hydrogen) atoms. The predicted molar refractivity (Wildman–Crippen MR) is 278 cm³/mol. The molecule has 0 bridgehead atoms. The summed E-state index contributed by atoms with van der Waals surface area (Å²) in [6.45, 7) is 24.3. The maximum absolute atomic E-state index is 10.9. The first-order chi connectivity index (χ1) is 35.8. The van der Waals surface area contributed by atoms with Gasteiger partial charge < -0.3 is 72.3 Å². The fourth-order valence-corrected chi connectivity index (χ4v) is 5.47. The Kier molecular flexibility index (Phi) is 71.6. The van der Waals surface area contributed by atoms with Gasteiger partial charge in [0.15, 0.2) is 0 Å². The lowest BCUT2D eigenvalue weighted by molar-refractivity contribution is -0.307. The second-order valence-electron chi connectivity index (χ2n) is 16.7. The molecular formula is C49H105N4O20P2+. The summed E-state index contributed by atoms with van der Waals surface area (Å²) < 4.78 is 76.8.